The molecule has 0 aliphatic carbocycles. The van der Waals surface area contributed by atoms with Gasteiger partial charge in [0.2, 0.25) is 0 Å². The highest BCUT2D eigenvalue weighted by Crippen LogP contribution is 2.23. The van der Waals surface area contributed by atoms with Gasteiger partial charge in [-0.1, -0.05) is 0 Å². The normalized spacial score (nSPS) is 12.1. The number of aromatic nitrogens is 4. The van der Waals surface area contributed by atoms with Crippen molar-refractivity contribution in [3.05, 3.63) is 82.7 Å². The van der Waals surface area contributed by atoms with E-state index in [0.717, 1.165) is 5.56 Å². The number of halogens is 2. The van der Waals surface area contributed by atoms with Crippen LogP contribution in [-0.2, 0) is 4.74 Å². The lowest BCUT2D eigenvalue weighted by Crippen LogP contribution is -2.31. The Morgan fingerprint density at radius 3 is 2.77 bits per heavy atom. The van der Waals surface area contributed by atoms with Gasteiger partial charge in [-0.05, 0) is 57.9 Å². The van der Waals surface area contributed by atoms with Gasteiger partial charge in [0.15, 0.2) is 0 Å². The fourth-order valence-electron chi connectivity index (χ4n) is 3.17. The van der Waals surface area contributed by atoms with Crippen molar-refractivity contribution in [1.29, 1.82) is 0 Å². The number of hydrogen-bond donors (Lipinski definition) is 1. The zero-order chi connectivity index (χ0) is 21.1. The number of carbonyl (C=O) groups excluding carboxylic acids is 1. The summed E-state index contributed by atoms with van der Waals surface area (Å²) in [7, 11) is 1.57. The monoisotopic (exact) mass is 469 g/mol. The van der Waals surface area contributed by atoms with Crippen molar-refractivity contribution in [3.8, 4) is 5.69 Å². The number of nitrogens with zero attached hydrogens (tertiary/aromatic N) is 4. The van der Waals surface area contributed by atoms with Crippen molar-refractivity contribution >= 4 is 32.7 Å². The molecule has 0 saturated heterocycles. The molecule has 0 aliphatic rings. The van der Waals surface area contributed by atoms with Gasteiger partial charge in [0.1, 0.15) is 10.4 Å². The van der Waals surface area contributed by atoms with E-state index < -0.39 is 0 Å². The van der Waals surface area contributed by atoms with Gasteiger partial charge in [-0.2, -0.15) is 5.10 Å². The summed E-state index contributed by atoms with van der Waals surface area (Å²) in [6.45, 7) is 0.292. The van der Waals surface area contributed by atoms with Crippen LogP contribution in [0.4, 0.5) is 4.39 Å². The fourth-order valence-corrected chi connectivity index (χ4v) is 3.55. The molecule has 1 aromatic carbocycles. The Balaban J connectivity index is 1.67. The average molecular weight is 470 g/mol. The quantitative estimate of drug-likeness (QED) is 0.434. The molecule has 0 fully saturated rings. The Hall–Kier alpha value is -3.17. The highest BCUT2D eigenvalue weighted by atomic mass is 79.9. The molecule has 0 saturated carbocycles. The maximum Gasteiger partial charge on any atom is 0.254 e. The first-order valence-electron chi connectivity index (χ1n) is 9.05. The smallest absolute Gasteiger partial charge is 0.254 e. The molecule has 0 radical (unpaired) electrons. The van der Waals surface area contributed by atoms with Gasteiger partial charge < -0.3 is 10.1 Å². The van der Waals surface area contributed by atoms with Crippen molar-refractivity contribution < 1.29 is 13.9 Å². The van der Waals surface area contributed by atoms with Gasteiger partial charge in [0, 0.05) is 24.9 Å². The Morgan fingerprint density at radius 1 is 1.23 bits per heavy atom. The van der Waals surface area contributed by atoms with Gasteiger partial charge in [0.25, 0.3) is 5.91 Å². The van der Waals surface area contributed by atoms with Crippen molar-refractivity contribution in [2.24, 2.45) is 0 Å². The summed E-state index contributed by atoms with van der Waals surface area (Å²) in [4.78, 5) is 21.4. The van der Waals surface area contributed by atoms with Gasteiger partial charge in [-0.15, -0.1) is 0 Å². The summed E-state index contributed by atoms with van der Waals surface area (Å²) in [5, 5.41) is 7.98. The minimum atomic E-state index is -0.371. The first-order chi connectivity index (χ1) is 14.6. The number of amides is 1. The highest BCUT2D eigenvalue weighted by molar-refractivity contribution is 9.10. The van der Waals surface area contributed by atoms with E-state index in [-0.39, 0.29) is 17.8 Å². The van der Waals surface area contributed by atoms with Crippen LogP contribution in [0.5, 0.6) is 0 Å². The first kappa shape index (κ1) is 20.1. The minimum absolute atomic E-state index is 0.292. The molecule has 0 spiro atoms. The Labute approximate surface area is 180 Å². The van der Waals surface area contributed by atoms with E-state index >= 15 is 0 Å². The number of methoxy groups -OCH3 is 1. The first-order valence-corrected chi connectivity index (χ1v) is 9.85. The maximum absolute atomic E-state index is 13.2. The molecule has 152 valence electrons. The minimum Gasteiger partial charge on any atom is -0.382 e. The molecule has 1 atom stereocenters. The molecule has 0 unspecified atom stereocenters. The van der Waals surface area contributed by atoms with Crippen LogP contribution in [0, 0.1) is 5.82 Å². The third-order valence-electron chi connectivity index (χ3n) is 4.60. The number of hydrogen-bond acceptors (Lipinski definition) is 5. The number of rotatable bonds is 6. The van der Waals surface area contributed by atoms with Crippen LogP contribution in [0.1, 0.15) is 22.0 Å². The van der Waals surface area contributed by atoms with E-state index in [4.69, 9.17) is 4.74 Å². The molecule has 1 amide bonds. The molecule has 0 bridgehead atoms. The average Bonchev–Trinajstić information content (AvgIpc) is 3.18. The number of pyridine rings is 2. The largest absolute Gasteiger partial charge is 0.382 e. The van der Waals surface area contributed by atoms with E-state index in [1.807, 2.05) is 12.1 Å². The Morgan fingerprint density at radius 2 is 2.03 bits per heavy atom. The summed E-state index contributed by atoms with van der Waals surface area (Å²) in [5.41, 5.74) is 2.55. The molecule has 4 rings (SSSR count). The zero-order valence-corrected chi connectivity index (χ0v) is 17.5. The Bertz CT molecular complexity index is 1200. The molecule has 7 nitrogen and oxygen atoms in total. The van der Waals surface area contributed by atoms with Crippen LogP contribution in [0.25, 0.3) is 16.6 Å². The lowest BCUT2D eigenvalue weighted by Gasteiger charge is -2.18. The van der Waals surface area contributed by atoms with Crippen molar-refractivity contribution in [3.63, 3.8) is 0 Å². The van der Waals surface area contributed by atoms with Crippen molar-refractivity contribution in [2.75, 3.05) is 13.7 Å². The third kappa shape index (κ3) is 4.07. The maximum atomic E-state index is 13.2. The van der Waals surface area contributed by atoms with Gasteiger partial charge in [0.05, 0.1) is 41.8 Å². The van der Waals surface area contributed by atoms with Gasteiger partial charge in [-0.25, -0.2) is 14.1 Å². The van der Waals surface area contributed by atoms with Crippen LogP contribution in [-0.4, -0.2) is 39.4 Å². The lowest BCUT2D eigenvalue weighted by atomic mass is 10.1. The standard InChI is InChI=1S/C21H17BrFN5O2/c1-30-12-18(13-6-7-25-20(22)8-13)27-21(29)17-9-24-11-19-16(17)10-26-28(19)15-4-2-14(23)3-5-15/h2-11,18H,12H2,1H3,(H,27,29)/t18-/m0/s1. The molecule has 4 aromatic rings. The van der Waals surface area contributed by atoms with Crippen molar-refractivity contribution in [1.82, 2.24) is 25.1 Å². The lowest BCUT2D eigenvalue weighted by molar-refractivity contribution is 0.0898. The molecular weight excluding hydrogens is 453 g/mol. The van der Waals surface area contributed by atoms with E-state index in [1.54, 1.807) is 42.5 Å². The number of fused-ring (bicyclic) bond motifs is 1. The number of ether oxygens (including phenoxy) is 1. The Kier molecular flexibility index (Phi) is 5.82. The molecule has 0 aliphatic heterocycles. The van der Waals surface area contributed by atoms with Crippen LogP contribution in [0.15, 0.2) is 65.8 Å². The second-order valence-corrected chi connectivity index (χ2v) is 7.36. The van der Waals surface area contributed by atoms with Crippen molar-refractivity contribution in [2.45, 2.75) is 6.04 Å². The summed E-state index contributed by atoms with van der Waals surface area (Å²) in [5.74, 6) is -0.637. The molecule has 9 heteroatoms. The highest BCUT2D eigenvalue weighted by Gasteiger charge is 2.20. The van der Waals surface area contributed by atoms with Gasteiger partial charge in [-0.3, -0.25) is 9.78 Å². The van der Waals surface area contributed by atoms with E-state index in [0.29, 0.717) is 33.4 Å². The zero-order valence-electron chi connectivity index (χ0n) is 15.9. The topological polar surface area (TPSA) is 81.9 Å². The van der Waals surface area contributed by atoms with E-state index in [2.05, 4.69) is 36.3 Å². The van der Waals surface area contributed by atoms with E-state index in [9.17, 15) is 9.18 Å². The van der Waals surface area contributed by atoms with Crippen LogP contribution in [0.2, 0.25) is 0 Å². The van der Waals surface area contributed by atoms with E-state index in [1.165, 1.54) is 18.3 Å². The summed E-state index contributed by atoms with van der Waals surface area (Å²) >= 11 is 3.35. The summed E-state index contributed by atoms with van der Waals surface area (Å²) in [6, 6.07) is 9.22. The predicted octanol–water partition coefficient (Wildman–Crippen LogP) is 3.83. The fraction of sp³-hybridized carbons (Fsp3) is 0.143. The summed E-state index contributed by atoms with van der Waals surface area (Å²) < 4.78 is 20.8. The SMILES string of the molecule is COC[C@H](NC(=O)c1cncc2c1cnn2-c1ccc(F)cc1)c1ccnc(Br)c1. The van der Waals surface area contributed by atoms with Gasteiger partial charge >= 0.3 is 0 Å². The molecular formula is C21H17BrFN5O2. The second-order valence-electron chi connectivity index (χ2n) is 6.55. The third-order valence-corrected chi connectivity index (χ3v) is 5.04. The number of benzene rings is 1. The van der Waals surface area contributed by atoms with Crippen LogP contribution in [0.3, 0.4) is 0 Å². The molecule has 3 aromatic heterocycles. The van der Waals surface area contributed by atoms with Crippen LogP contribution >= 0.6 is 15.9 Å². The summed E-state index contributed by atoms with van der Waals surface area (Å²) in [6.07, 6.45) is 6.38. The molecule has 30 heavy (non-hydrogen) atoms. The number of nitrogens with one attached hydrogen (secondary N) is 1. The second kappa shape index (κ2) is 8.68. The molecule has 1 N–H and O–H groups in total. The predicted molar refractivity (Wildman–Crippen MR) is 113 cm³/mol. The van der Waals surface area contributed by atoms with Crippen LogP contribution < -0.4 is 5.32 Å². The molecule has 3 heterocycles. The number of carbonyl (C=O) groups is 1.